The quantitative estimate of drug-likeness (QED) is 0.811. The van der Waals surface area contributed by atoms with E-state index in [2.05, 4.69) is 0 Å². The third kappa shape index (κ3) is 3.75. The summed E-state index contributed by atoms with van der Waals surface area (Å²) in [6.07, 6.45) is 0.329. The first kappa shape index (κ1) is 14.6. The van der Waals surface area contributed by atoms with Gasteiger partial charge in [-0.25, -0.2) is 0 Å². The highest BCUT2D eigenvalue weighted by molar-refractivity contribution is 7.93. The van der Waals surface area contributed by atoms with Crippen LogP contribution in [-0.4, -0.2) is 20.7 Å². The number of hydrogen-bond acceptors (Lipinski definition) is 3. The topological polar surface area (TPSA) is 63.6 Å². The molecule has 0 aromatic heterocycles. The molecule has 0 heterocycles. The van der Waals surface area contributed by atoms with Crippen LogP contribution in [0.1, 0.15) is 20.3 Å². The number of hydrogen-bond donors (Lipinski definition) is 1. The minimum absolute atomic E-state index is 0.135. The second-order valence-electron chi connectivity index (χ2n) is 3.46. The van der Waals surface area contributed by atoms with Gasteiger partial charge in [-0.05, 0) is 25.5 Å². The highest BCUT2D eigenvalue weighted by Gasteiger charge is 2.36. The third-order valence-electron chi connectivity index (χ3n) is 2.25. The Morgan fingerprint density at radius 3 is 2.41 bits per heavy atom. The monoisotopic (exact) mass is 276 g/mol. The lowest BCUT2D eigenvalue weighted by molar-refractivity contribution is 0.270. The zero-order valence-electron chi connectivity index (χ0n) is 9.91. The molecule has 0 aliphatic rings. The second kappa shape index (κ2) is 6.45. The number of rotatable bonds is 6. The largest absolute Gasteiger partial charge is 0.343 e. The maximum atomic E-state index is 12.2. The molecule has 0 bridgehead atoms. The molecule has 0 saturated carbocycles. The van der Waals surface area contributed by atoms with Crippen LogP contribution in [0.15, 0.2) is 35.2 Å². The van der Waals surface area contributed by atoms with Gasteiger partial charge in [0.05, 0.1) is 17.4 Å². The van der Waals surface area contributed by atoms with Crippen molar-refractivity contribution in [3.05, 3.63) is 30.3 Å². The molecule has 0 radical (unpaired) electrons. The molecule has 6 heteroatoms. The highest BCUT2D eigenvalue weighted by Crippen LogP contribution is 2.51. The summed E-state index contributed by atoms with van der Waals surface area (Å²) in [6, 6.07) is 8.68. The fourth-order valence-corrected chi connectivity index (χ4v) is 5.04. The highest BCUT2D eigenvalue weighted by atomic mass is 32.2. The normalized spacial score (nSPS) is 18.3. The second-order valence-corrected chi connectivity index (χ2v) is 7.45. The van der Waals surface area contributed by atoms with Gasteiger partial charge in [0.1, 0.15) is 4.99 Å². The lowest BCUT2D eigenvalue weighted by Crippen LogP contribution is -2.16. The molecule has 0 fully saturated rings. The third-order valence-corrected chi connectivity index (χ3v) is 6.91. The van der Waals surface area contributed by atoms with E-state index in [1.807, 2.05) is 6.07 Å². The summed E-state index contributed by atoms with van der Waals surface area (Å²) in [5, 5.41) is 0. The van der Waals surface area contributed by atoms with Crippen molar-refractivity contribution in [2.75, 3.05) is 6.61 Å². The fourth-order valence-electron chi connectivity index (χ4n) is 1.48. The Kier molecular flexibility index (Phi) is 5.53. The Morgan fingerprint density at radius 2 is 1.94 bits per heavy atom. The summed E-state index contributed by atoms with van der Waals surface area (Å²) in [7, 11) is -5.35. The van der Waals surface area contributed by atoms with Crippen LogP contribution in [-0.2, 0) is 19.9 Å². The van der Waals surface area contributed by atoms with Gasteiger partial charge in [-0.2, -0.15) is 0 Å². The fraction of sp³-hybridized carbons (Fsp3) is 0.455. The molecule has 0 saturated heterocycles. The van der Waals surface area contributed by atoms with E-state index in [4.69, 9.17) is 4.52 Å². The Hall–Kier alpha value is -0.480. The molecule has 1 aromatic carbocycles. The van der Waals surface area contributed by atoms with Crippen LogP contribution in [0.25, 0.3) is 0 Å². The summed E-state index contributed by atoms with van der Waals surface area (Å²) in [5.41, 5.74) is 0. The van der Waals surface area contributed by atoms with Crippen molar-refractivity contribution in [1.29, 1.82) is 0 Å². The molecular formula is C11H17O4PS. The molecule has 4 nitrogen and oxygen atoms in total. The van der Waals surface area contributed by atoms with Gasteiger partial charge in [0.2, 0.25) is 0 Å². The molecule has 0 aliphatic heterocycles. The Morgan fingerprint density at radius 1 is 1.35 bits per heavy atom. The van der Waals surface area contributed by atoms with E-state index in [1.54, 1.807) is 38.1 Å². The van der Waals surface area contributed by atoms with Gasteiger partial charge in [-0.1, -0.05) is 25.1 Å². The van der Waals surface area contributed by atoms with Crippen LogP contribution in [0, 0.1) is 0 Å². The molecule has 3 unspecified atom stereocenters. The predicted molar refractivity (Wildman–Crippen MR) is 68.4 cm³/mol. The van der Waals surface area contributed by atoms with Crippen molar-refractivity contribution in [2.45, 2.75) is 30.2 Å². The smallest absolute Gasteiger partial charge is 0.323 e. The maximum absolute atomic E-state index is 12.2. The molecule has 1 aromatic rings. The molecule has 3 atom stereocenters. The summed E-state index contributed by atoms with van der Waals surface area (Å²) in [6.45, 7) is 3.50. The van der Waals surface area contributed by atoms with Crippen molar-refractivity contribution >= 4 is 18.4 Å². The van der Waals surface area contributed by atoms with E-state index in [9.17, 15) is 13.7 Å². The van der Waals surface area contributed by atoms with E-state index in [-0.39, 0.29) is 6.61 Å². The SMILES string of the molecule is CCOP(=O)(O)C(CC)S(=O)c1ccccc1. The molecule has 17 heavy (non-hydrogen) atoms. The molecule has 0 amide bonds. The minimum Gasteiger partial charge on any atom is -0.323 e. The first-order valence-corrected chi connectivity index (χ1v) is 8.31. The zero-order valence-corrected chi connectivity index (χ0v) is 11.6. The first-order valence-electron chi connectivity index (χ1n) is 5.45. The van der Waals surface area contributed by atoms with Gasteiger partial charge in [0, 0.05) is 4.90 Å². The molecule has 96 valence electrons. The van der Waals surface area contributed by atoms with Gasteiger partial charge < -0.3 is 9.42 Å². The van der Waals surface area contributed by atoms with Crippen molar-refractivity contribution in [3.63, 3.8) is 0 Å². The molecule has 0 spiro atoms. The van der Waals surface area contributed by atoms with E-state index in [0.29, 0.717) is 11.3 Å². The lowest BCUT2D eigenvalue weighted by atomic mass is 10.4. The standard InChI is InChI=1S/C11H17O4PS/c1-3-11(16(12,13)15-4-2)17(14)10-8-6-5-7-9-10/h5-9,11H,3-4H2,1-2H3,(H,12,13). The summed E-state index contributed by atoms with van der Waals surface area (Å²) in [4.78, 5) is 9.43. The van der Waals surface area contributed by atoms with E-state index in [0.717, 1.165) is 0 Å². The Balaban J connectivity index is 2.96. The van der Waals surface area contributed by atoms with Crippen LogP contribution in [0.3, 0.4) is 0 Å². The Bertz CT molecular complexity index is 421. The van der Waals surface area contributed by atoms with E-state index in [1.165, 1.54) is 0 Å². The van der Waals surface area contributed by atoms with Gasteiger partial charge >= 0.3 is 7.60 Å². The van der Waals surface area contributed by atoms with Crippen LogP contribution >= 0.6 is 7.60 Å². The summed E-state index contributed by atoms with van der Waals surface area (Å²) >= 11 is 0. The molecular weight excluding hydrogens is 259 g/mol. The van der Waals surface area contributed by atoms with Crippen LogP contribution in [0.2, 0.25) is 0 Å². The van der Waals surface area contributed by atoms with Crippen molar-refractivity contribution in [3.8, 4) is 0 Å². The predicted octanol–water partition coefficient (Wildman–Crippen LogP) is 2.75. The van der Waals surface area contributed by atoms with Crippen molar-refractivity contribution < 1.29 is 18.2 Å². The molecule has 1 N–H and O–H groups in total. The van der Waals surface area contributed by atoms with Crippen LogP contribution in [0.4, 0.5) is 0 Å². The number of benzene rings is 1. The average molecular weight is 276 g/mol. The summed E-state index contributed by atoms with van der Waals surface area (Å²) < 4.78 is 28.9. The molecule has 1 rings (SSSR count). The van der Waals surface area contributed by atoms with Crippen molar-refractivity contribution in [2.24, 2.45) is 0 Å². The van der Waals surface area contributed by atoms with Gasteiger partial charge in [0.25, 0.3) is 0 Å². The van der Waals surface area contributed by atoms with Gasteiger partial charge in [0.15, 0.2) is 0 Å². The summed E-state index contributed by atoms with van der Waals surface area (Å²) in [5.74, 6) is 0. The minimum atomic E-state index is -3.82. The molecule has 0 aliphatic carbocycles. The van der Waals surface area contributed by atoms with E-state index < -0.39 is 23.4 Å². The van der Waals surface area contributed by atoms with Gasteiger partial charge in [-0.3, -0.25) is 8.77 Å². The maximum Gasteiger partial charge on any atom is 0.343 e. The average Bonchev–Trinajstić information content (AvgIpc) is 2.30. The van der Waals surface area contributed by atoms with Crippen LogP contribution in [0.5, 0.6) is 0 Å². The zero-order chi connectivity index (χ0) is 12.9. The van der Waals surface area contributed by atoms with Gasteiger partial charge in [-0.15, -0.1) is 0 Å². The van der Waals surface area contributed by atoms with Crippen LogP contribution < -0.4 is 0 Å². The Labute approximate surface area is 104 Å². The van der Waals surface area contributed by atoms with Crippen molar-refractivity contribution in [1.82, 2.24) is 0 Å². The lowest BCUT2D eigenvalue weighted by Gasteiger charge is -2.20. The first-order chi connectivity index (χ1) is 8.03. The van der Waals surface area contributed by atoms with E-state index >= 15 is 0 Å².